The zero-order valence-electron chi connectivity index (χ0n) is 8.80. The predicted octanol–water partition coefficient (Wildman–Crippen LogP) is 3.02. The molecule has 0 heterocycles. The number of hydrogen-bond acceptors (Lipinski definition) is 2. The average Bonchev–Trinajstić information content (AvgIpc) is 2.12. The Labute approximate surface area is 100 Å². The molecule has 0 saturated heterocycles. The highest BCUT2D eigenvalue weighted by Gasteiger charge is 2.07. The van der Waals surface area contributed by atoms with Gasteiger partial charge < -0.3 is 10.4 Å². The zero-order chi connectivity index (χ0) is 11.4. The van der Waals surface area contributed by atoms with Gasteiger partial charge >= 0.3 is 0 Å². The summed E-state index contributed by atoms with van der Waals surface area (Å²) in [6.45, 7) is 4.29. The van der Waals surface area contributed by atoms with E-state index in [0.717, 1.165) is 5.56 Å². The van der Waals surface area contributed by atoms with E-state index in [4.69, 9.17) is 28.3 Å². The lowest BCUT2D eigenvalue weighted by Gasteiger charge is -2.16. The molecule has 1 aromatic carbocycles. The van der Waals surface area contributed by atoms with E-state index in [-0.39, 0.29) is 12.1 Å². The molecule has 0 aliphatic carbocycles. The van der Waals surface area contributed by atoms with Gasteiger partial charge in [0.05, 0.1) is 6.10 Å². The van der Waals surface area contributed by atoms with Gasteiger partial charge in [-0.05, 0) is 37.6 Å². The monoisotopic (exact) mass is 247 g/mol. The van der Waals surface area contributed by atoms with E-state index < -0.39 is 0 Å². The maximum Gasteiger partial charge on any atom is 0.0636 e. The lowest BCUT2D eigenvalue weighted by molar-refractivity contribution is 0.187. The van der Waals surface area contributed by atoms with Crippen LogP contribution in [-0.2, 0) is 0 Å². The molecule has 0 amide bonds. The summed E-state index contributed by atoms with van der Waals surface area (Å²) >= 11 is 11.8. The van der Waals surface area contributed by atoms with E-state index in [2.05, 4.69) is 5.32 Å². The largest absolute Gasteiger partial charge is 0.392 e. The van der Waals surface area contributed by atoms with E-state index in [1.165, 1.54) is 0 Å². The first-order valence-electron chi connectivity index (χ1n) is 4.86. The van der Waals surface area contributed by atoms with E-state index in [1.54, 1.807) is 13.0 Å². The van der Waals surface area contributed by atoms with Gasteiger partial charge in [0.2, 0.25) is 0 Å². The fourth-order valence-corrected chi connectivity index (χ4v) is 1.83. The molecule has 4 heteroatoms. The minimum absolute atomic E-state index is 0.121. The summed E-state index contributed by atoms with van der Waals surface area (Å²) in [4.78, 5) is 0. The van der Waals surface area contributed by atoms with Crippen molar-refractivity contribution in [2.45, 2.75) is 26.0 Å². The Hall–Kier alpha value is -0.280. The molecule has 0 aliphatic rings. The summed E-state index contributed by atoms with van der Waals surface area (Å²) in [6.07, 6.45) is -0.359. The van der Waals surface area contributed by atoms with Crippen LogP contribution in [0.5, 0.6) is 0 Å². The van der Waals surface area contributed by atoms with Gasteiger partial charge in [-0.15, -0.1) is 0 Å². The van der Waals surface area contributed by atoms with Crippen molar-refractivity contribution in [1.29, 1.82) is 0 Å². The molecule has 0 radical (unpaired) electrons. The van der Waals surface area contributed by atoms with Gasteiger partial charge in [-0.25, -0.2) is 0 Å². The highest BCUT2D eigenvalue weighted by molar-refractivity contribution is 6.34. The van der Waals surface area contributed by atoms with Crippen LogP contribution in [0.2, 0.25) is 10.0 Å². The molecule has 2 nitrogen and oxygen atoms in total. The quantitative estimate of drug-likeness (QED) is 0.858. The summed E-state index contributed by atoms with van der Waals surface area (Å²) in [6, 6.07) is 5.56. The van der Waals surface area contributed by atoms with E-state index >= 15 is 0 Å². The summed E-state index contributed by atoms with van der Waals surface area (Å²) < 4.78 is 0. The topological polar surface area (TPSA) is 32.3 Å². The first kappa shape index (κ1) is 12.8. The second-order valence-electron chi connectivity index (χ2n) is 3.68. The normalized spacial score (nSPS) is 15.0. The van der Waals surface area contributed by atoms with Crippen molar-refractivity contribution in [2.24, 2.45) is 0 Å². The molecule has 2 atom stereocenters. The number of rotatable bonds is 4. The van der Waals surface area contributed by atoms with Crippen molar-refractivity contribution >= 4 is 23.2 Å². The highest BCUT2D eigenvalue weighted by Crippen LogP contribution is 2.23. The molecule has 1 rings (SSSR count). The van der Waals surface area contributed by atoms with Crippen LogP contribution in [0.25, 0.3) is 0 Å². The van der Waals surface area contributed by atoms with Crippen molar-refractivity contribution in [3.05, 3.63) is 33.8 Å². The third-order valence-corrected chi connectivity index (χ3v) is 2.54. The van der Waals surface area contributed by atoms with Gasteiger partial charge in [-0.2, -0.15) is 0 Å². The number of benzene rings is 1. The van der Waals surface area contributed by atoms with Crippen LogP contribution in [-0.4, -0.2) is 17.8 Å². The third kappa shape index (κ3) is 4.39. The molecule has 2 unspecified atom stereocenters. The standard InChI is InChI=1S/C11H15Cl2NO/c1-7(15)6-14-8(2)9-3-10(12)5-11(13)4-9/h3-5,7-8,14-15H,6H2,1-2H3. The van der Waals surface area contributed by atoms with Gasteiger partial charge in [0, 0.05) is 22.6 Å². The number of aliphatic hydroxyl groups excluding tert-OH is 1. The Morgan fingerprint density at radius 2 is 1.73 bits per heavy atom. The van der Waals surface area contributed by atoms with Crippen LogP contribution in [0.15, 0.2) is 18.2 Å². The number of nitrogens with one attached hydrogen (secondary N) is 1. The highest BCUT2D eigenvalue weighted by atomic mass is 35.5. The van der Waals surface area contributed by atoms with Crippen LogP contribution in [0.3, 0.4) is 0 Å². The molecule has 15 heavy (non-hydrogen) atoms. The van der Waals surface area contributed by atoms with E-state index in [0.29, 0.717) is 16.6 Å². The molecule has 0 fully saturated rings. The first-order valence-corrected chi connectivity index (χ1v) is 5.62. The van der Waals surface area contributed by atoms with Crippen LogP contribution < -0.4 is 5.32 Å². The van der Waals surface area contributed by atoms with Crippen molar-refractivity contribution in [1.82, 2.24) is 5.32 Å². The maximum atomic E-state index is 9.14. The SMILES string of the molecule is CC(O)CNC(C)c1cc(Cl)cc(Cl)c1. The Balaban J connectivity index is 2.68. The fourth-order valence-electron chi connectivity index (χ4n) is 1.29. The molecule has 0 aromatic heterocycles. The van der Waals surface area contributed by atoms with E-state index in [1.807, 2.05) is 19.1 Å². The average molecular weight is 248 g/mol. The van der Waals surface area contributed by atoms with Crippen molar-refractivity contribution in [3.8, 4) is 0 Å². The molecule has 2 N–H and O–H groups in total. The summed E-state index contributed by atoms with van der Waals surface area (Å²) in [7, 11) is 0. The predicted molar refractivity (Wildman–Crippen MR) is 64.6 cm³/mol. The van der Waals surface area contributed by atoms with Crippen LogP contribution in [0.4, 0.5) is 0 Å². The Morgan fingerprint density at radius 1 is 1.20 bits per heavy atom. The van der Waals surface area contributed by atoms with Crippen LogP contribution in [0, 0.1) is 0 Å². The number of hydrogen-bond donors (Lipinski definition) is 2. The second-order valence-corrected chi connectivity index (χ2v) is 4.55. The molecule has 84 valence electrons. The van der Waals surface area contributed by atoms with Crippen molar-refractivity contribution in [3.63, 3.8) is 0 Å². The van der Waals surface area contributed by atoms with Crippen molar-refractivity contribution < 1.29 is 5.11 Å². The summed E-state index contributed by atoms with van der Waals surface area (Å²) in [5.74, 6) is 0. The Bertz CT molecular complexity index is 308. The third-order valence-electron chi connectivity index (χ3n) is 2.10. The zero-order valence-corrected chi connectivity index (χ0v) is 10.3. The first-order chi connectivity index (χ1) is 6.99. The molecule has 0 bridgehead atoms. The van der Waals surface area contributed by atoms with Gasteiger partial charge in [0.25, 0.3) is 0 Å². The van der Waals surface area contributed by atoms with Gasteiger partial charge in [-0.3, -0.25) is 0 Å². The molecule has 0 spiro atoms. The Morgan fingerprint density at radius 3 is 2.20 bits per heavy atom. The molecule has 0 saturated carbocycles. The second kappa shape index (κ2) is 5.71. The fraction of sp³-hybridized carbons (Fsp3) is 0.455. The molecular formula is C11H15Cl2NO. The summed E-state index contributed by atoms with van der Waals surface area (Å²) in [5.41, 5.74) is 1.02. The lowest BCUT2D eigenvalue weighted by Crippen LogP contribution is -2.27. The number of halogens is 2. The minimum Gasteiger partial charge on any atom is -0.392 e. The molecular weight excluding hydrogens is 233 g/mol. The Kier molecular flexibility index (Phi) is 4.87. The molecule has 1 aromatic rings. The van der Waals surface area contributed by atoms with Gasteiger partial charge in [0.15, 0.2) is 0 Å². The van der Waals surface area contributed by atoms with Crippen LogP contribution >= 0.6 is 23.2 Å². The maximum absolute atomic E-state index is 9.14. The van der Waals surface area contributed by atoms with Crippen LogP contribution in [0.1, 0.15) is 25.5 Å². The minimum atomic E-state index is -0.359. The van der Waals surface area contributed by atoms with Gasteiger partial charge in [-0.1, -0.05) is 23.2 Å². The summed E-state index contributed by atoms with van der Waals surface area (Å²) in [5, 5.41) is 13.6. The van der Waals surface area contributed by atoms with Gasteiger partial charge in [0.1, 0.15) is 0 Å². The molecule has 0 aliphatic heterocycles. The lowest BCUT2D eigenvalue weighted by atomic mass is 10.1. The smallest absolute Gasteiger partial charge is 0.0636 e. The van der Waals surface area contributed by atoms with Crippen molar-refractivity contribution in [2.75, 3.05) is 6.54 Å². The van der Waals surface area contributed by atoms with E-state index in [9.17, 15) is 0 Å². The number of aliphatic hydroxyl groups is 1.